The fourth-order valence-corrected chi connectivity index (χ4v) is 5.04. The van der Waals surface area contributed by atoms with E-state index in [1.165, 1.54) is 11.1 Å². The zero-order valence-corrected chi connectivity index (χ0v) is 18.1. The predicted molar refractivity (Wildman–Crippen MR) is 121 cm³/mol. The van der Waals surface area contributed by atoms with E-state index in [1.54, 1.807) is 7.11 Å². The molecule has 2 aromatic rings. The summed E-state index contributed by atoms with van der Waals surface area (Å²) in [6.45, 7) is 3.45. The number of carbonyl (C=O) groups excluding carboxylic acids is 1. The number of fused-ring (bicyclic) bond motifs is 1. The van der Waals surface area contributed by atoms with Gasteiger partial charge in [-0.2, -0.15) is 0 Å². The average molecular weight is 408 g/mol. The minimum atomic E-state index is -0.0179. The van der Waals surface area contributed by atoms with Crippen LogP contribution in [-0.4, -0.2) is 57.2 Å². The van der Waals surface area contributed by atoms with Crippen LogP contribution in [0.3, 0.4) is 0 Å². The first-order valence-electron chi connectivity index (χ1n) is 11.1. The number of rotatable bonds is 7. The molecule has 1 amide bonds. The summed E-state index contributed by atoms with van der Waals surface area (Å²) in [5.41, 5.74) is 3.64. The van der Waals surface area contributed by atoms with Crippen LogP contribution in [0, 0.1) is 5.92 Å². The standard InChI is InChI=1S/C25H33N3O2/c1-27-23-13-7-6-11-20(23)17-21(25(27)29)18-26-22-12-8-14-28(15-16-30-2)24(22)19-9-4-3-5-10-19/h3-7,9-11,13,21-22,24,26H,8,12,14-18H2,1-2H3. The molecule has 160 valence electrons. The van der Waals surface area contributed by atoms with Gasteiger partial charge >= 0.3 is 0 Å². The first kappa shape index (κ1) is 21.0. The predicted octanol–water partition coefficient (Wildman–Crippen LogP) is 3.26. The summed E-state index contributed by atoms with van der Waals surface area (Å²) in [7, 11) is 3.66. The fraction of sp³-hybridized carbons (Fsp3) is 0.480. The Labute approximate surface area is 180 Å². The molecule has 2 heterocycles. The van der Waals surface area contributed by atoms with Gasteiger partial charge in [0.2, 0.25) is 5.91 Å². The molecule has 2 aromatic carbocycles. The number of amides is 1. The molecule has 0 bridgehead atoms. The van der Waals surface area contributed by atoms with Crippen molar-refractivity contribution in [2.24, 2.45) is 5.92 Å². The van der Waals surface area contributed by atoms with Gasteiger partial charge in [-0.1, -0.05) is 48.5 Å². The Morgan fingerprint density at radius 3 is 2.67 bits per heavy atom. The van der Waals surface area contributed by atoms with E-state index < -0.39 is 0 Å². The summed E-state index contributed by atoms with van der Waals surface area (Å²) in [6.07, 6.45) is 3.09. The van der Waals surface area contributed by atoms with Gasteiger partial charge in [0.1, 0.15) is 0 Å². The summed E-state index contributed by atoms with van der Waals surface area (Å²) in [5.74, 6) is 0.195. The van der Waals surface area contributed by atoms with Crippen molar-refractivity contribution in [3.05, 3.63) is 65.7 Å². The van der Waals surface area contributed by atoms with E-state index in [0.717, 1.165) is 44.6 Å². The molecule has 4 rings (SSSR count). The topological polar surface area (TPSA) is 44.8 Å². The minimum Gasteiger partial charge on any atom is -0.383 e. The van der Waals surface area contributed by atoms with E-state index >= 15 is 0 Å². The maximum absolute atomic E-state index is 13.0. The average Bonchev–Trinajstić information content (AvgIpc) is 2.79. The highest BCUT2D eigenvalue weighted by Gasteiger charge is 2.35. The molecule has 2 aliphatic heterocycles. The molecular weight excluding hydrogens is 374 g/mol. The summed E-state index contributed by atoms with van der Waals surface area (Å²) in [4.78, 5) is 17.3. The van der Waals surface area contributed by atoms with Gasteiger partial charge < -0.3 is 15.0 Å². The number of anilines is 1. The van der Waals surface area contributed by atoms with E-state index in [4.69, 9.17) is 4.74 Å². The number of benzene rings is 2. The lowest BCUT2D eigenvalue weighted by Crippen LogP contribution is -2.52. The zero-order valence-electron chi connectivity index (χ0n) is 18.1. The maximum Gasteiger partial charge on any atom is 0.231 e. The van der Waals surface area contributed by atoms with Crippen LogP contribution in [0.25, 0.3) is 0 Å². The van der Waals surface area contributed by atoms with E-state index in [9.17, 15) is 4.79 Å². The zero-order chi connectivity index (χ0) is 20.9. The number of nitrogens with zero attached hydrogens (tertiary/aromatic N) is 2. The van der Waals surface area contributed by atoms with Crippen LogP contribution in [0.2, 0.25) is 0 Å². The van der Waals surface area contributed by atoms with Crippen molar-refractivity contribution in [3.63, 3.8) is 0 Å². The lowest BCUT2D eigenvalue weighted by molar-refractivity contribution is -0.122. The molecule has 0 spiro atoms. The molecule has 0 radical (unpaired) electrons. The highest BCUT2D eigenvalue weighted by Crippen LogP contribution is 2.33. The second kappa shape index (κ2) is 9.73. The largest absolute Gasteiger partial charge is 0.383 e. The van der Waals surface area contributed by atoms with Crippen LogP contribution in [0.5, 0.6) is 0 Å². The third kappa shape index (κ3) is 4.43. The third-order valence-corrected chi connectivity index (χ3v) is 6.58. The van der Waals surface area contributed by atoms with Crippen LogP contribution >= 0.6 is 0 Å². The van der Waals surface area contributed by atoms with Crippen molar-refractivity contribution in [2.75, 3.05) is 45.3 Å². The summed E-state index contributed by atoms with van der Waals surface area (Å²) in [6, 6.07) is 19.6. The molecule has 0 saturated carbocycles. The van der Waals surface area contributed by atoms with Crippen molar-refractivity contribution >= 4 is 11.6 Å². The van der Waals surface area contributed by atoms with Crippen molar-refractivity contribution < 1.29 is 9.53 Å². The SMILES string of the molecule is COCCN1CCCC(NCC2Cc3ccccc3N(C)C2=O)C1c1ccccc1. The van der Waals surface area contributed by atoms with Gasteiger partial charge in [0.15, 0.2) is 0 Å². The Balaban J connectivity index is 1.49. The minimum absolute atomic E-state index is 0.0179. The molecular formula is C25H33N3O2. The van der Waals surface area contributed by atoms with E-state index in [-0.39, 0.29) is 11.8 Å². The van der Waals surface area contributed by atoms with Crippen molar-refractivity contribution in [2.45, 2.75) is 31.3 Å². The smallest absolute Gasteiger partial charge is 0.231 e. The highest BCUT2D eigenvalue weighted by molar-refractivity contribution is 5.97. The van der Waals surface area contributed by atoms with Crippen LogP contribution < -0.4 is 10.2 Å². The Kier molecular flexibility index (Phi) is 6.82. The number of ether oxygens (including phenoxy) is 1. The van der Waals surface area contributed by atoms with Crippen LogP contribution in [0.4, 0.5) is 5.69 Å². The van der Waals surface area contributed by atoms with Gasteiger partial charge in [-0.3, -0.25) is 9.69 Å². The molecule has 1 saturated heterocycles. The lowest BCUT2D eigenvalue weighted by atomic mass is 9.88. The summed E-state index contributed by atoms with van der Waals surface area (Å²) in [5, 5.41) is 3.80. The molecule has 1 N–H and O–H groups in total. The van der Waals surface area contributed by atoms with Gasteiger partial charge in [0.25, 0.3) is 0 Å². The second-order valence-corrected chi connectivity index (χ2v) is 8.47. The quantitative estimate of drug-likeness (QED) is 0.765. The van der Waals surface area contributed by atoms with Crippen LogP contribution in [-0.2, 0) is 16.0 Å². The number of hydrogen-bond donors (Lipinski definition) is 1. The monoisotopic (exact) mass is 407 g/mol. The van der Waals surface area contributed by atoms with Gasteiger partial charge in [-0.25, -0.2) is 0 Å². The van der Waals surface area contributed by atoms with Crippen molar-refractivity contribution in [1.29, 1.82) is 0 Å². The number of piperidine rings is 1. The Morgan fingerprint density at radius 2 is 1.87 bits per heavy atom. The van der Waals surface area contributed by atoms with Crippen molar-refractivity contribution in [1.82, 2.24) is 10.2 Å². The number of hydrogen-bond acceptors (Lipinski definition) is 4. The van der Waals surface area contributed by atoms with Gasteiger partial charge in [-0.05, 0) is 43.0 Å². The first-order chi connectivity index (χ1) is 14.7. The molecule has 0 aliphatic carbocycles. The fourth-order valence-electron chi connectivity index (χ4n) is 5.04. The van der Waals surface area contributed by atoms with Gasteiger partial charge in [0.05, 0.1) is 18.6 Å². The van der Waals surface area contributed by atoms with E-state index in [0.29, 0.717) is 18.6 Å². The van der Waals surface area contributed by atoms with Gasteiger partial charge in [-0.15, -0.1) is 0 Å². The number of para-hydroxylation sites is 1. The number of nitrogens with one attached hydrogen (secondary N) is 1. The van der Waals surface area contributed by atoms with E-state index in [1.807, 2.05) is 24.1 Å². The molecule has 3 unspecified atom stereocenters. The first-order valence-corrected chi connectivity index (χ1v) is 11.1. The van der Waals surface area contributed by atoms with Gasteiger partial charge in [0, 0.05) is 39.0 Å². The summed E-state index contributed by atoms with van der Waals surface area (Å²) < 4.78 is 5.37. The molecule has 5 heteroatoms. The molecule has 3 atom stereocenters. The molecule has 1 fully saturated rings. The lowest BCUT2D eigenvalue weighted by Gasteiger charge is -2.43. The van der Waals surface area contributed by atoms with Crippen LogP contribution in [0.15, 0.2) is 54.6 Å². The maximum atomic E-state index is 13.0. The van der Waals surface area contributed by atoms with Crippen LogP contribution in [0.1, 0.15) is 30.0 Å². The second-order valence-electron chi connectivity index (χ2n) is 8.47. The Hall–Kier alpha value is -2.21. The van der Waals surface area contributed by atoms with Crippen molar-refractivity contribution in [3.8, 4) is 0 Å². The Bertz CT molecular complexity index is 841. The number of likely N-dealkylation sites (tertiary alicyclic amines) is 1. The number of methoxy groups -OCH3 is 1. The van der Waals surface area contributed by atoms with E-state index in [2.05, 4.69) is 52.7 Å². The summed E-state index contributed by atoms with van der Waals surface area (Å²) >= 11 is 0. The molecule has 5 nitrogen and oxygen atoms in total. The third-order valence-electron chi connectivity index (χ3n) is 6.58. The normalized spacial score (nSPS) is 24.7. The number of carbonyl (C=O) groups is 1. The Morgan fingerprint density at radius 1 is 1.10 bits per heavy atom. The molecule has 2 aliphatic rings. The molecule has 30 heavy (non-hydrogen) atoms. The highest BCUT2D eigenvalue weighted by atomic mass is 16.5. The molecule has 0 aromatic heterocycles.